The van der Waals surface area contributed by atoms with Crippen LogP contribution >= 0.6 is 0 Å². The number of nitrogen functional groups attached to an aromatic ring is 1. The van der Waals surface area contributed by atoms with E-state index in [1.165, 1.54) is 6.33 Å². The Hall–Kier alpha value is -1.69. The van der Waals surface area contributed by atoms with Gasteiger partial charge in [0, 0.05) is 11.5 Å². The lowest BCUT2D eigenvalue weighted by atomic mass is 9.96. The highest BCUT2D eigenvalue weighted by molar-refractivity contribution is 6.81. The highest BCUT2D eigenvalue weighted by atomic mass is 28.3. The van der Waals surface area contributed by atoms with Crippen LogP contribution in [-0.4, -0.2) is 31.1 Å². The Morgan fingerprint density at radius 1 is 1.43 bits per heavy atom. The van der Waals surface area contributed by atoms with Crippen molar-refractivity contribution in [1.82, 2.24) is 9.97 Å². The maximum Gasteiger partial charge on any atom is 0.293 e. The summed E-state index contributed by atoms with van der Waals surface area (Å²) in [6, 6.07) is 0. The summed E-state index contributed by atoms with van der Waals surface area (Å²) in [7, 11) is -1.34. The molecular weight excluding hydrogens is 282 g/mol. The molecule has 1 fully saturated rings. The normalized spacial score (nSPS) is 16.9. The van der Waals surface area contributed by atoms with E-state index < -0.39 is 8.07 Å². The first-order chi connectivity index (χ1) is 9.92. The number of hydrogen-bond acceptors (Lipinski definition) is 5. The number of carbonyl (C=O) groups is 1. The first-order valence-electron chi connectivity index (χ1n) is 7.27. The summed E-state index contributed by atoms with van der Waals surface area (Å²) in [5.41, 5.74) is 10.1. The van der Waals surface area contributed by atoms with E-state index in [1.807, 2.05) is 6.08 Å². The Labute approximate surface area is 126 Å². The topological polar surface area (TPSA) is 78.1 Å². The number of anilines is 1. The van der Waals surface area contributed by atoms with Crippen LogP contribution in [0.25, 0.3) is 6.08 Å². The molecule has 1 saturated carbocycles. The lowest BCUT2D eigenvalue weighted by molar-refractivity contribution is -0.129. The van der Waals surface area contributed by atoms with Crippen LogP contribution in [0.3, 0.4) is 0 Å². The van der Waals surface area contributed by atoms with Crippen LogP contribution in [-0.2, 0) is 9.53 Å². The van der Waals surface area contributed by atoms with Crippen molar-refractivity contribution >= 4 is 26.4 Å². The number of aromatic nitrogens is 2. The van der Waals surface area contributed by atoms with Crippen LogP contribution in [0.4, 0.5) is 5.82 Å². The Balaban J connectivity index is 2.35. The highest BCUT2D eigenvalue weighted by Crippen LogP contribution is 2.43. The SMILES string of the molecule is C[Si](C)(C)C=Cc1c(N)ncnc1C(COC=O)C1CC1. The van der Waals surface area contributed by atoms with Crippen molar-refractivity contribution in [3.05, 3.63) is 23.3 Å². The van der Waals surface area contributed by atoms with Crippen LogP contribution < -0.4 is 5.73 Å². The van der Waals surface area contributed by atoms with Gasteiger partial charge in [-0.2, -0.15) is 0 Å². The number of rotatable bonds is 7. The predicted molar refractivity (Wildman–Crippen MR) is 86.3 cm³/mol. The molecule has 6 heteroatoms. The summed E-state index contributed by atoms with van der Waals surface area (Å²) in [4.78, 5) is 19.0. The van der Waals surface area contributed by atoms with Gasteiger partial charge in [-0.15, -0.1) is 0 Å². The van der Waals surface area contributed by atoms with Gasteiger partial charge < -0.3 is 10.5 Å². The van der Waals surface area contributed by atoms with E-state index in [-0.39, 0.29) is 5.92 Å². The average Bonchev–Trinajstić information content (AvgIpc) is 3.22. The number of carbonyl (C=O) groups excluding carboxylic acids is 1. The molecule has 1 heterocycles. The molecule has 114 valence electrons. The van der Waals surface area contributed by atoms with E-state index in [4.69, 9.17) is 10.5 Å². The van der Waals surface area contributed by atoms with Gasteiger partial charge in [0.05, 0.1) is 20.4 Å². The maximum atomic E-state index is 10.5. The van der Waals surface area contributed by atoms with Gasteiger partial charge in [-0.25, -0.2) is 9.97 Å². The van der Waals surface area contributed by atoms with Crippen LogP contribution in [0, 0.1) is 5.92 Å². The molecule has 1 aromatic heterocycles. The van der Waals surface area contributed by atoms with Crippen molar-refractivity contribution < 1.29 is 9.53 Å². The second-order valence-corrected chi connectivity index (χ2v) is 11.7. The molecule has 0 aliphatic heterocycles. The largest absolute Gasteiger partial charge is 0.467 e. The Kier molecular flexibility index (Phi) is 4.77. The van der Waals surface area contributed by atoms with Crippen LogP contribution in [0.15, 0.2) is 12.0 Å². The highest BCUT2D eigenvalue weighted by Gasteiger charge is 2.35. The van der Waals surface area contributed by atoms with Crippen molar-refractivity contribution in [3.8, 4) is 0 Å². The maximum absolute atomic E-state index is 10.5. The van der Waals surface area contributed by atoms with Crippen molar-refractivity contribution in [1.29, 1.82) is 0 Å². The quantitative estimate of drug-likeness (QED) is 0.619. The van der Waals surface area contributed by atoms with Gasteiger partial charge in [0.1, 0.15) is 12.1 Å². The monoisotopic (exact) mass is 305 g/mol. The number of nitrogens with zero attached hydrogens (tertiary/aromatic N) is 2. The van der Waals surface area contributed by atoms with Gasteiger partial charge in [-0.05, 0) is 18.8 Å². The molecule has 0 aromatic carbocycles. The van der Waals surface area contributed by atoms with Crippen LogP contribution in [0.5, 0.6) is 0 Å². The van der Waals surface area contributed by atoms with Gasteiger partial charge in [0.25, 0.3) is 6.47 Å². The summed E-state index contributed by atoms with van der Waals surface area (Å²) in [6.07, 6.45) is 5.84. The number of ether oxygens (including phenoxy) is 1. The minimum atomic E-state index is -1.34. The predicted octanol–water partition coefficient (Wildman–Crippen LogP) is 2.62. The molecule has 1 unspecified atom stereocenters. The Morgan fingerprint density at radius 2 is 2.14 bits per heavy atom. The fourth-order valence-electron chi connectivity index (χ4n) is 2.30. The molecule has 0 saturated heterocycles. The van der Waals surface area contributed by atoms with Gasteiger partial charge in [-0.3, -0.25) is 4.79 Å². The fraction of sp³-hybridized carbons (Fsp3) is 0.533. The first-order valence-corrected chi connectivity index (χ1v) is 10.8. The minimum Gasteiger partial charge on any atom is -0.467 e. The van der Waals surface area contributed by atoms with Crippen LogP contribution in [0.1, 0.15) is 30.0 Å². The molecule has 21 heavy (non-hydrogen) atoms. The van der Waals surface area contributed by atoms with E-state index in [0.29, 0.717) is 24.8 Å². The summed E-state index contributed by atoms with van der Waals surface area (Å²) in [5.74, 6) is 1.13. The smallest absolute Gasteiger partial charge is 0.293 e. The standard InChI is InChI=1S/C15H23N3O2Si/c1-21(2,3)7-6-12-14(17-9-18-15(12)16)13(8-20-10-19)11-4-5-11/h6-7,9-11,13H,4-5,8H2,1-3H3,(H2,16,17,18). The lowest BCUT2D eigenvalue weighted by Gasteiger charge is -2.18. The molecule has 0 spiro atoms. The Morgan fingerprint density at radius 3 is 2.71 bits per heavy atom. The zero-order valence-electron chi connectivity index (χ0n) is 12.9. The molecule has 1 aliphatic carbocycles. The summed E-state index contributed by atoms with van der Waals surface area (Å²) < 4.78 is 4.99. The fourth-order valence-corrected chi connectivity index (χ4v) is 2.97. The van der Waals surface area contributed by atoms with Crippen molar-refractivity contribution in [2.45, 2.75) is 38.4 Å². The minimum absolute atomic E-state index is 0.113. The zero-order valence-corrected chi connectivity index (χ0v) is 13.9. The molecule has 5 nitrogen and oxygen atoms in total. The molecule has 0 amide bonds. The van der Waals surface area contributed by atoms with E-state index in [2.05, 4.69) is 35.3 Å². The summed E-state index contributed by atoms with van der Waals surface area (Å²) >= 11 is 0. The van der Waals surface area contributed by atoms with E-state index in [0.717, 1.165) is 24.1 Å². The van der Waals surface area contributed by atoms with E-state index in [9.17, 15) is 4.79 Å². The Bertz CT molecular complexity index is 536. The lowest BCUT2D eigenvalue weighted by Crippen LogP contribution is -2.17. The number of nitrogens with two attached hydrogens (primary N) is 1. The third-order valence-corrected chi connectivity index (χ3v) is 4.75. The molecular formula is C15H23N3O2Si. The van der Waals surface area contributed by atoms with Gasteiger partial charge >= 0.3 is 0 Å². The first kappa shape index (κ1) is 15.7. The molecule has 2 N–H and O–H groups in total. The molecule has 1 atom stereocenters. The van der Waals surface area contributed by atoms with Crippen molar-refractivity contribution in [2.75, 3.05) is 12.3 Å². The van der Waals surface area contributed by atoms with Crippen molar-refractivity contribution in [3.63, 3.8) is 0 Å². The number of hydrogen-bond donors (Lipinski definition) is 1. The third-order valence-electron chi connectivity index (χ3n) is 3.58. The van der Waals surface area contributed by atoms with Gasteiger partial charge in [0.15, 0.2) is 0 Å². The molecule has 0 bridgehead atoms. The summed E-state index contributed by atoms with van der Waals surface area (Å²) in [5, 5.41) is 0. The second-order valence-electron chi connectivity index (χ2n) is 6.63. The van der Waals surface area contributed by atoms with Gasteiger partial charge in [0.2, 0.25) is 0 Å². The van der Waals surface area contributed by atoms with Crippen molar-refractivity contribution in [2.24, 2.45) is 5.92 Å². The third kappa shape index (κ3) is 4.39. The molecule has 1 aromatic rings. The molecule has 0 radical (unpaired) electrons. The van der Waals surface area contributed by atoms with Gasteiger partial charge in [-0.1, -0.05) is 31.4 Å². The van der Waals surface area contributed by atoms with Crippen LogP contribution in [0.2, 0.25) is 19.6 Å². The zero-order chi connectivity index (χ0) is 15.5. The second kappa shape index (κ2) is 6.38. The summed E-state index contributed by atoms with van der Waals surface area (Å²) in [6.45, 7) is 7.64. The van der Waals surface area contributed by atoms with E-state index >= 15 is 0 Å². The average molecular weight is 305 g/mol. The molecule has 1 aliphatic rings. The molecule has 2 rings (SSSR count). The van der Waals surface area contributed by atoms with E-state index in [1.54, 1.807) is 0 Å².